The zero-order valence-corrected chi connectivity index (χ0v) is 9.79. The van der Waals surface area contributed by atoms with Crippen LogP contribution in [0.1, 0.15) is 24.1 Å². The summed E-state index contributed by atoms with van der Waals surface area (Å²) < 4.78 is 1.81. The lowest BCUT2D eigenvalue weighted by Crippen LogP contribution is -2.40. The minimum Gasteiger partial charge on any atom is -0.351 e. The molecular formula is C11H18N4O. The van der Waals surface area contributed by atoms with E-state index in [-0.39, 0.29) is 11.9 Å². The minimum atomic E-state index is -0.00280. The first kappa shape index (κ1) is 11.1. The molecule has 1 aliphatic heterocycles. The Kier molecular flexibility index (Phi) is 3.24. The molecule has 5 heteroatoms. The second-order valence-corrected chi connectivity index (χ2v) is 4.25. The summed E-state index contributed by atoms with van der Waals surface area (Å²) in [5, 5.41) is 10.3. The van der Waals surface area contributed by atoms with Gasteiger partial charge in [0.2, 0.25) is 5.91 Å². The molecule has 0 aromatic carbocycles. The molecule has 0 spiro atoms. The molecule has 1 amide bonds. The van der Waals surface area contributed by atoms with Gasteiger partial charge in [-0.05, 0) is 26.3 Å². The lowest BCUT2D eigenvalue weighted by Gasteiger charge is -2.10. The maximum Gasteiger partial charge on any atom is 0.237 e. The van der Waals surface area contributed by atoms with E-state index in [1.165, 1.54) is 0 Å². The van der Waals surface area contributed by atoms with Gasteiger partial charge in [-0.15, -0.1) is 0 Å². The summed E-state index contributed by atoms with van der Waals surface area (Å²) in [6.07, 6.45) is 3.83. The summed E-state index contributed by atoms with van der Waals surface area (Å²) in [5.74, 6) is 0.0979. The molecule has 1 aliphatic rings. The summed E-state index contributed by atoms with van der Waals surface area (Å²) in [6.45, 7) is 3.52. The van der Waals surface area contributed by atoms with Gasteiger partial charge in [0.1, 0.15) is 0 Å². The Bertz CT molecular complexity index is 379. The Morgan fingerprint density at radius 3 is 3.12 bits per heavy atom. The normalized spacial score (nSPS) is 20.0. The quantitative estimate of drug-likeness (QED) is 0.762. The van der Waals surface area contributed by atoms with Gasteiger partial charge in [-0.25, -0.2) is 0 Å². The molecule has 0 radical (unpaired) electrons. The third kappa shape index (κ3) is 2.24. The van der Waals surface area contributed by atoms with Gasteiger partial charge in [-0.3, -0.25) is 9.48 Å². The highest BCUT2D eigenvalue weighted by Crippen LogP contribution is 2.07. The highest BCUT2D eigenvalue weighted by atomic mass is 16.2. The molecule has 1 aromatic heterocycles. The van der Waals surface area contributed by atoms with Gasteiger partial charge in [0.05, 0.1) is 12.2 Å². The molecule has 0 saturated carbocycles. The fourth-order valence-corrected chi connectivity index (χ4v) is 1.93. The smallest absolute Gasteiger partial charge is 0.237 e. The van der Waals surface area contributed by atoms with Crippen LogP contribution in [0, 0.1) is 6.92 Å². The average molecular weight is 222 g/mol. The molecule has 1 aromatic rings. The van der Waals surface area contributed by atoms with E-state index in [1.54, 1.807) is 6.20 Å². The van der Waals surface area contributed by atoms with Crippen LogP contribution in [0.5, 0.6) is 0 Å². The van der Waals surface area contributed by atoms with Gasteiger partial charge in [0.15, 0.2) is 0 Å². The lowest BCUT2D eigenvalue weighted by molar-refractivity contribution is -0.122. The van der Waals surface area contributed by atoms with Gasteiger partial charge in [0, 0.05) is 24.8 Å². The number of hydrogen-bond acceptors (Lipinski definition) is 3. The largest absolute Gasteiger partial charge is 0.351 e. The van der Waals surface area contributed by atoms with Crippen molar-refractivity contribution < 1.29 is 4.79 Å². The number of hydrogen-bond donors (Lipinski definition) is 2. The number of nitrogens with zero attached hydrogens (tertiary/aromatic N) is 2. The highest BCUT2D eigenvalue weighted by Gasteiger charge is 2.21. The van der Waals surface area contributed by atoms with Crippen LogP contribution in [-0.4, -0.2) is 28.3 Å². The van der Waals surface area contributed by atoms with Gasteiger partial charge in [-0.1, -0.05) is 0 Å². The third-order valence-electron chi connectivity index (χ3n) is 3.17. The Morgan fingerprint density at radius 1 is 1.75 bits per heavy atom. The Hall–Kier alpha value is -1.36. The van der Waals surface area contributed by atoms with Crippen LogP contribution < -0.4 is 10.6 Å². The van der Waals surface area contributed by atoms with Crippen LogP contribution >= 0.6 is 0 Å². The standard InChI is InChI=1S/C11H18N4O/c1-8-9(7-14-15(8)2)6-13-11(16)10-4-3-5-12-10/h7,10,12H,3-6H2,1-2H3,(H,13,16)/t10-/m0/s1. The van der Waals surface area contributed by atoms with Gasteiger partial charge in [0.25, 0.3) is 0 Å². The average Bonchev–Trinajstić information content (AvgIpc) is 2.89. The summed E-state index contributed by atoms with van der Waals surface area (Å²) in [7, 11) is 1.90. The first-order chi connectivity index (χ1) is 7.68. The van der Waals surface area contributed by atoms with E-state index >= 15 is 0 Å². The first-order valence-corrected chi connectivity index (χ1v) is 5.67. The monoisotopic (exact) mass is 222 g/mol. The predicted molar refractivity (Wildman–Crippen MR) is 60.8 cm³/mol. The highest BCUT2D eigenvalue weighted by molar-refractivity contribution is 5.81. The first-order valence-electron chi connectivity index (χ1n) is 5.67. The van der Waals surface area contributed by atoms with Gasteiger partial charge < -0.3 is 10.6 Å². The van der Waals surface area contributed by atoms with Crippen LogP contribution in [0.15, 0.2) is 6.20 Å². The fourth-order valence-electron chi connectivity index (χ4n) is 1.93. The van der Waals surface area contributed by atoms with Crippen molar-refractivity contribution in [3.63, 3.8) is 0 Å². The topological polar surface area (TPSA) is 59.0 Å². The summed E-state index contributed by atoms with van der Waals surface area (Å²) in [4.78, 5) is 11.7. The third-order valence-corrected chi connectivity index (χ3v) is 3.17. The second-order valence-electron chi connectivity index (χ2n) is 4.25. The molecule has 0 bridgehead atoms. The SMILES string of the molecule is Cc1c(CNC(=O)[C@@H]2CCCN2)cnn1C. The van der Waals surface area contributed by atoms with Crippen LogP contribution in [0.25, 0.3) is 0 Å². The predicted octanol–water partition coefficient (Wildman–Crippen LogP) is 0.0967. The van der Waals surface area contributed by atoms with E-state index in [0.29, 0.717) is 6.54 Å². The van der Waals surface area contributed by atoms with Crippen LogP contribution in [0.2, 0.25) is 0 Å². The van der Waals surface area contributed by atoms with E-state index in [2.05, 4.69) is 15.7 Å². The van der Waals surface area contributed by atoms with E-state index in [4.69, 9.17) is 0 Å². The molecule has 5 nitrogen and oxygen atoms in total. The van der Waals surface area contributed by atoms with Gasteiger partial charge in [-0.2, -0.15) is 5.10 Å². The molecule has 0 aliphatic carbocycles. The molecule has 0 unspecified atom stereocenters. The molecule has 1 saturated heterocycles. The minimum absolute atomic E-state index is 0.00280. The number of rotatable bonds is 3. The maximum atomic E-state index is 11.7. The summed E-state index contributed by atoms with van der Waals surface area (Å²) in [5.41, 5.74) is 2.17. The molecule has 1 atom stereocenters. The van der Waals surface area contributed by atoms with E-state index in [9.17, 15) is 4.79 Å². The van der Waals surface area contributed by atoms with Crippen molar-refractivity contribution in [3.05, 3.63) is 17.5 Å². The van der Waals surface area contributed by atoms with Crippen molar-refractivity contribution in [1.29, 1.82) is 0 Å². The number of aromatic nitrogens is 2. The Balaban J connectivity index is 1.87. The molecule has 1 fully saturated rings. The number of carbonyl (C=O) groups is 1. The van der Waals surface area contributed by atoms with Crippen LogP contribution in [0.4, 0.5) is 0 Å². The Labute approximate surface area is 95.2 Å². The van der Waals surface area contributed by atoms with Crippen molar-refractivity contribution in [1.82, 2.24) is 20.4 Å². The number of nitrogens with one attached hydrogen (secondary N) is 2. The molecule has 16 heavy (non-hydrogen) atoms. The van der Waals surface area contributed by atoms with Crippen LogP contribution in [0.3, 0.4) is 0 Å². The van der Waals surface area contributed by atoms with Crippen molar-refractivity contribution in [2.24, 2.45) is 7.05 Å². The zero-order valence-electron chi connectivity index (χ0n) is 9.79. The maximum absolute atomic E-state index is 11.7. The zero-order chi connectivity index (χ0) is 11.5. The number of aryl methyl sites for hydroxylation is 1. The lowest BCUT2D eigenvalue weighted by atomic mass is 10.2. The van der Waals surface area contributed by atoms with Crippen molar-refractivity contribution >= 4 is 5.91 Å². The summed E-state index contributed by atoms with van der Waals surface area (Å²) in [6, 6.07) is -0.00280. The molecule has 2 heterocycles. The molecule has 2 N–H and O–H groups in total. The van der Waals surface area contributed by atoms with E-state index in [0.717, 1.165) is 30.6 Å². The van der Waals surface area contributed by atoms with Crippen LogP contribution in [-0.2, 0) is 18.4 Å². The molecule has 88 valence electrons. The summed E-state index contributed by atoms with van der Waals surface area (Å²) >= 11 is 0. The molecule has 2 rings (SSSR count). The van der Waals surface area contributed by atoms with Gasteiger partial charge >= 0.3 is 0 Å². The van der Waals surface area contributed by atoms with E-state index < -0.39 is 0 Å². The van der Waals surface area contributed by atoms with Crippen molar-refractivity contribution in [3.8, 4) is 0 Å². The van der Waals surface area contributed by atoms with Crippen molar-refractivity contribution in [2.75, 3.05) is 6.54 Å². The number of amides is 1. The second kappa shape index (κ2) is 4.65. The molecular weight excluding hydrogens is 204 g/mol. The Morgan fingerprint density at radius 2 is 2.56 bits per heavy atom. The number of carbonyl (C=O) groups excluding carboxylic acids is 1. The van der Waals surface area contributed by atoms with E-state index in [1.807, 2.05) is 18.7 Å². The van der Waals surface area contributed by atoms with Crippen molar-refractivity contribution in [2.45, 2.75) is 32.4 Å². The fraction of sp³-hybridized carbons (Fsp3) is 0.636.